The molecule has 0 spiro atoms. The topological polar surface area (TPSA) is 104 Å². The smallest absolute Gasteiger partial charge is 0.303 e. The molecule has 0 fully saturated rings. The van der Waals surface area contributed by atoms with Crippen LogP contribution in [-0.2, 0) is 4.79 Å². The Labute approximate surface area is 178 Å². The molecule has 0 bridgehead atoms. The van der Waals surface area contributed by atoms with Gasteiger partial charge in [-0.1, -0.05) is 54.6 Å². The third-order valence-corrected chi connectivity index (χ3v) is 4.74. The summed E-state index contributed by atoms with van der Waals surface area (Å²) in [6.45, 7) is 0.317. The molecule has 156 valence electrons. The number of aromatic nitrogens is 2. The highest BCUT2D eigenvalue weighted by molar-refractivity contribution is 5.98. The van der Waals surface area contributed by atoms with Crippen molar-refractivity contribution in [1.29, 1.82) is 0 Å². The Morgan fingerprint density at radius 3 is 2.58 bits per heavy atom. The van der Waals surface area contributed by atoms with Crippen molar-refractivity contribution in [2.24, 2.45) is 0 Å². The second kappa shape index (κ2) is 9.13. The van der Waals surface area contributed by atoms with E-state index in [1.165, 1.54) is 6.07 Å². The van der Waals surface area contributed by atoms with Crippen LogP contribution in [-0.4, -0.2) is 27.7 Å². The number of anilines is 2. The van der Waals surface area contributed by atoms with E-state index in [4.69, 9.17) is 9.84 Å². The Bertz CT molecular complexity index is 1270. The number of nitrogens with one attached hydrogen (secondary N) is 2. The van der Waals surface area contributed by atoms with E-state index in [0.29, 0.717) is 30.4 Å². The first kappa shape index (κ1) is 20.2. The molecule has 3 N–H and O–H groups in total. The molecule has 0 aliphatic rings. The lowest BCUT2D eigenvalue weighted by Crippen LogP contribution is -2.10. The molecule has 0 aliphatic heterocycles. The van der Waals surface area contributed by atoms with E-state index in [1.807, 2.05) is 66.7 Å². The van der Waals surface area contributed by atoms with Crippen molar-refractivity contribution >= 4 is 28.4 Å². The molecular formula is C24H21N3O4. The third-order valence-electron chi connectivity index (χ3n) is 4.74. The number of H-pyrrole nitrogens is 1. The fourth-order valence-corrected chi connectivity index (χ4v) is 3.32. The number of hydrogen-bond acceptors (Lipinski definition) is 5. The number of carboxylic acid groups (broad SMARTS) is 1. The van der Waals surface area contributed by atoms with Crippen molar-refractivity contribution in [1.82, 2.24) is 9.97 Å². The first-order valence-electron chi connectivity index (χ1n) is 9.90. The Kier molecular flexibility index (Phi) is 5.93. The molecule has 7 heteroatoms. The molecule has 4 rings (SSSR count). The van der Waals surface area contributed by atoms with Crippen LogP contribution in [0.4, 0.5) is 11.6 Å². The van der Waals surface area contributed by atoms with Crippen LogP contribution in [0.5, 0.6) is 5.75 Å². The van der Waals surface area contributed by atoms with Crippen molar-refractivity contribution in [3.05, 3.63) is 83.2 Å². The lowest BCUT2D eigenvalue weighted by atomic mass is 10.1. The van der Waals surface area contributed by atoms with Crippen LogP contribution in [0.2, 0.25) is 0 Å². The van der Waals surface area contributed by atoms with Gasteiger partial charge in [-0.05, 0) is 18.6 Å². The van der Waals surface area contributed by atoms with Gasteiger partial charge in [-0.2, -0.15) is 0 Å². The average molecular weight is 415 g/mol. The van der Waals surface area contributed by atoms with E-state index in [-0.39, 0.29) is 12.0 Å². The van der Waals surface area contributed by atoms with Gasteiger partial charge in [0.25, 0.3) is 5.56 Å². The number of nitrogens with zero attached hydrogens (tertiary/aromatic N) is 1. The SMILES string of the molecule is O=C(O)CCCOc1cccc2c(Nc3nc(-c4ccccc4)cc(=O)[nH]3)cccc12. The Morgan fingerprint density at radius 1 is 1.00 bits per heavy atom. The average Bonchev–Trinajstić information content (AvgIpc) is 2.77. The lowest BCUT2D eigenvalue weighted by molar-refractivity contribution is -0.137. The third kappa shape index (κ3) is 4.90. The van der Waals surface area contributed by atoms with Crippen molar-refractivity contribution in [2.45, 2.75) is 12.8 Å². The number of aliphatic carboxylic acids is 1. The van der Waals surface area contributed by atoms with Crippen molar-refractivity contribution in [2.75, 3.05) is 11.9 Å². The normalized spacial score (nSPS) is 10.7. The predicted molar refractivity (Wildman–Crippen MR) is 120 cm³/mol. The Hall–Kier alpha value is -4.13. The summed E-state index contributed by atoms with van der Waals surface area (Å²) in [7, 11) is 0. The maximum atomic E-state index is 12.2. The summed E-state index contributed by atoms with van der Waals surface area (Å²) >= 11 is 0. The van der Waals surface area contributed by atoms with Gasteiger partial charge in [-0.3, -0.25) is 14.6 Å². The first-order chi connectivity index (χ1) is 15.1. The van der Waals surface area contributed by atoms with E-state index in [0.717, 1.165) is 22.0 Å². The second-order valence-corrected chi connectivity index (χ2v) is 6.97. The minimum Gasteiger partial charge on any atom is -0.493 e. The van der Waals surface area contributed by atoms with Crippen molar-refractivity contribution in [3.8, 4) is 17.0 Å². The molecule has 0 saturated carbocycles. The van der Waals surface area contributed by atoms with Gasteiger partial charge in [0.15, 0.2) is 0 Å². The molecule has 1 heterocycles. The van der Waals surface area contributed by atoms with Crippen LogP contribution in [0.3, 0.4) is 0 Å². The van der Waals surface area contributed by atoms with Crippen LogP contribution in [0.1, 0.15) is 12.8 Å². The highest BCUT2D eigenvalue weighted by Crippen LogP contribution is 2.32. The van der Waals surface area contributed by atoms with Gasteiger partial charge in [0, 0.05) is 34.5 Å². The van der Waals surface area contributed by atoms with Gasteiger partial charge in [0.2, 0.25) is 5.95 Å². The summed E-state index contributed by atoms with van der Waals surface area (Å²) in [5.74, 6) is 0.171. The number of aromatic amines is 1. The highest BCUT2D eigenvalue weighted by atomic mass is 16.5. The van der Waals surface area contributed by atoms with Crippen molar-refractivity contribution in [3.63, 3.8) is 0 Å². The van der Waals surface area contributed by atoms with Crippen LogP contribution >= 0.6 is 0 Å². The van der Waals surface area contributed by atoms with Gasteiger partial charge in [0.05, 0.1) is 12.3 Å². The highest BCUT2D eigenvalue weighted by Gasteiger charge is 2.09. The predicted octanol–water partition coefficient (Wildman–Crippen LogP) is 4.58. The maximum absolute atomic E-state index is 12.2. The zero-order chi connectivity index (χ0) is 21.6. The number of hydrogen-bond donors (Lipinski definition) is 3. The number of benzene rings is 3. The molecule has 0 aliphatic carbocycles. The van der Waals surface area contributed by atoms with Gasteiger partial charge < -0.3 is 15.2 Å². The molecule has 0 unspecified atom stereocenters. The van der Waals surface area contributed by atoms with Gasteiger partial charge in [-0.15, -0.1) is 0 Å². The standard InChI is InChI=1S/C24H21N3O4/c28-22-15-20(16-7-2-1-3-8-16)26-24(27-22)25-19-11-4-10-18-17(19)9-5-12-21(18)31-14-6-13-23(29)30/h1-5,7-12,15H,6,13-14H2,(H,29,30)(H2,25,26,27,28). The van der Waals surface area contributed by atoms with E-state index in [9.17, 15) is 9.59 Å². The Morgan fingerprint density at radius 2 is 1.77 bits per heavy atom. The summed E-state index contributed by atoms with van der Waals surface area (Å²) in [5, 5.41) is 13.8. The van der Waals surface area contributed by atoms with E-state index >= 15 is 0 Å². The fraction of sp³-hybridized carbons (Fsp3) is 0.125. The molecule has 7 nitrogen and oxygen atoms in total. The monoisotopic (exact) mass is 415 g/mol. The fourth-order valence-electron chi connectivity index (χ4n) is 3.32. The first-order valence-corrected chi connectivity index (χ1v) is 9.90. The molecule has 31 heavy (non-hydrogen) atoms. The molecule has 0 radical (unpaired) electrons. The quantitative estimate of drug-likeness (QED) is 0.364. The molecule has 3 aromatic carbocycles. The molecular weight excluding hydrogens is 394 g/mol. The number of rotatable bonds is 8. The summed E-state index contributed by atoms with van der Waals surface area (Å²) in [5.41, 5.74) is 1.95. The van der Waals surface area contributed by atoms with E-state index in [1.54, 1.807) is 0 Å². The summed E-state index contributed by atoms with van der Waals surface area (Å²) in [4.78, 5) is 30.2. The maximum Gasteiger partial charge on any atom is 0.303 e. The minimum absolute atomic E-state index is 0.0638. The minimum atomic E-state index is -0.841. The Balaban J connectivity index is 1.62. The molecule has 0 saturated heterocycles. The van der Waals surface area contributed by atoms with Gasteiger partial charge in [-0.25, -0.2) is 4.98 Å². The number of carbonyl (C=O) groups is 1. The van der Waals surface area contributed by atoms with E-state index in [2.05, 4.69) is 15.3 Å². The number of carboxylic acids is 1. The van der Waals surface area contributed by atoms with Crippen LogP contribution in [0, 0.1) is 0 Å². The molecule has 4 aromatic rings. The molecule has 0 amide bonds. The summed E-state index contributed by atoms with van der Waals surface area (Å²) < 4.78 is 5.81. The zero-order valence-electron chi connectivity index (χ0n) is 16.7. The van der Waals surface area contributed by atoms with Gasteiger partial charge in [0.1, 0.15) is 5.75 Å². The van der Waals surface area contributed by atoms with Crippen LogP contribution < -0.4 is 15.6 Å². The summed E-state index contributed by atoms with van der Waals surface area (Å²) in [6.07, 6.45) is 0.495. The van der Waals surface area contributed by atoms with Gasteiger partial charge >= 0.3 is 5.97 Å². The lowest BCUT2D eigenvalue weighted by Gasteiger charge is -2.13. The summed E-state index contributed by atoms with van der Waals surface area (Å²) in [6, 6.07) is 22.3. The van der Waals surface area contributed by atoms with E-state index < -0.39 is 5.97 Å². The van der Waals surface area contributed by atoms with Crippen LogP contribution in [0.25, 0.3) is 22.0 Å². The largest absolute Gasteiger partial charge is 0.493 e. The van der Waals surface area contributed by atoms with Crippen LogP contribution in [0.15, 0.2) is 77.6 Å². The second-order valence-electron chi connectivity index (χ2n) is 6.97. The van der Waals surface area contributed by atoms with Crippen molar-refractivity contribution < 1.29 is 14.6 Å². The number of fused-ring (bicyclic) bond motifs is 1. The zero-order valence-corrected chi connectivity index (χ0v) is 16.7. The number of ether oxygens (including phenoxy) is 1. The molecule has 1 aromatic heterocycles. The molecule has 0 atom stereocenters.